The van der Waals surface area contributed by atoms with E-state index in [4.69, 9.17) is 5.73 Å². The Kier molecular flexibility index (Phi) is 22.8. The van der Waals surface area contributed by atoms with Crippen LogP contribution in [0.3, 0.4) is 0 Å². The van der Waals surface area contributed by atoms with Crippen molar-refractivity contribution < 1.29 is 62.1 Å². The van der Waals surface area contributed by atoms with Crippen LogP contribution in [0.1, 0.15) is 104 Å². The SMILES string of the molecule is CC(NC(=O)[C@@H](NC(=O)CCCCCN1C(=O)C=CC1=O)C(C)C)C(=O)NC(CCC(=O)NCCNC(=O)C(N)CCN(C(=O)CO)C(c1cc(-c2cc(F)ccc2F)cn1Cc1ccccc1)C(C)(C)C)C(=O)O. The summed E-state index contributed by atoms with van der Waals surface area (Å²) >= 11 is 0. The van der Waals surface area contributed by atoms with Crippen LogP contribution in [0.5, 0.6) is 0 Å². The first-order chi connectivity index (χ1) is 35.4. The number of hydrogen-bond donors (Lipinski definition) is 8. The fourth-order valence-electron chi connectivity index (χ4n) is 8.48. The second-order valence-corrected chi connectivity index (χ2v) is 19.9. The maximum absolute atomic E-state index is 15.1. The van der Waals surface area contributed by atoms with E-state index in [1.165, 1.54) is 24.0 Å². The number of benzene rings is 2. The molecule has 0 aliphatic carbocycles. The van der Waals surface area contributed by atoms with Crippen LogP contribution in [-0.2, 0) is 49.7 Å². The van der Waals surface area contributed by atoms with Gasteiger partial charge in [0.1, 0.15) is 36.4 Å². The van der Waals surface area contributed by atoms with Crippen molar-refractivity contribution in [2.75, 3.05) is 32.8 Å². The number of unbranched alkanes of at least 4 members (excludes halogenated alkanes) is 2. The summed E-state index contributed by atoms with van der Waals surface area (Å²) in [6, 6.07) is 8.54. The summed E-state index contributed by atoms with van der Waals surface area (Å²) in [5.74, 6) is -7.67. The van der Waals surface area contributed by atoms with E-state index in [-0.39, 0.29) is 75.2 Å². The Morgan fingerprint density at radius 2 is 1.44 bits per heavy atom. The summed E-state index contributed by atoms with van der Waals surface area (Å²) in [4.78, 5) is 116. The number of aliphatic hydroxyl groups excluding tert-OH is 1. The first-order valence-electron chi connectivity index (χ1n) is 25.0. The summed E-state index contributed by atoms with van der Waals surface area (Å²) in [5, 5.41) is 32.6. The first kappa shape index (κ1) is 60.2. The molecule has 1 aliphatic heterocycles. The van der Waals surface area contributed by atoms with Crippen LogP contribution >= 0.6 is 0 Å². The predicted molar refractivity (Wildman–Crippen MR) is 272 cm³/mol. The number of imide groups is 1. The third-order valence-corrected chi connectivity index (χ3v) is 12.5. The molecule has 0 fully saturated rings. The molecule has 20 nitrogen and oxygen atoms in total. The molecule has 4 rings (SSSR count). The Bertz CT molecular complexity index is 2530. The lowest BCUT2D eigenvalue weighted by Crippen LogP contribution is -2.56. The fourth-order valence-corrected chi connectivity index (χ4v) is 8.48. The van der Waals surface area contributed by atoms with Crippen molar-refractivity contribution in [1.82, 2.24) is 41.0 Å². The molecule has 3 aromatic rings. The Morgan fingerprint density at radius 3 is 2.07 bits per heavy atom. The largest absolute Gasteiger partial charge is 0.480 e. The highest BCUT2D eigenvalue weighted by Gasteiger charge is 2.38. The molecule has 5 atom stereocenters. The maximum Gasteiger partial charge on any atom is 0.326 e. The number of nitrogens with one attached hydrogen (secondary N) is 5. The minimum Gasteiger partial charge on any atom is -0.480 e. The number of carboxylic acid groups (broad SMARTS) is 1. The van der Waals surface area contributed by atoms with E-state index in [1.54, 1.807) is 26.1 Å². The average molecular weight is 1050 g/mol. The highest BCUT2D eigenvalue weighted by atomic mass is 19.1. The number of aromatic nitrogens is 1. The van der Waals surface area contributed by atoms with Crippen molar-refractivity contribution >= 4 is 53.2 Å². The zero-order valence-corrected chi connectivity index (χ0v) is 43.3. The molecule has 408 valence electrons. The smallest absolute Gasteiger partial charge is 0.326 e. The first-order valence-corrected chi connectivity index (χ1v) is 25.0. The number of rotatable bonds is 29. The van der Waals surface area contributed by atoms with Gasteiger partial charge >= 0.3 is 5.97 Å². The van der Waals surface area contributed by atoms with Crippen molar-refractivity contribution in [2.24, 2.45) is 17.1 Å². The molecule has 22 heteroatoms. The lowest BCUT2D eigenvalue weighted by Gasteiger charge is -2.41. The molecule has 1 aromatic heterocycles. The Hall–Kier alpha value is -7.33. The Labute approximate surface area is 435 Å². The van der Waals surface area contributed by atoms with Crippen molar-refractivity contribution in [3.05, 3.63) is 95.8 Å². The zero-order chi connectivity index (χ0) is 55.6. The van der Waals surface area contributed by atoms with Crippen LogP contribution < -0.4 is 32.3 Å². The number of carboxylic acids is 1. The number of carbonyl (C=O) groups is 9. The molecule has 4 unspecified atom stereocenters. The number of aliphatic hydroxyl groups is 1. The highest BCUT2D eigenvalue weighted by molar-refractivity contribution is 6.12. The van der Waals surface area contributed by atoms with Crippen molar-refractivity contribution in [2.45, 2.75) is 123 Å². The fraction of sp³-hybridized carbons (Fsp3) is 0.491. The van der Waals surface area contributed by atoms with Gasteiger partial charge in [-0.3, -0.25) is 43.3 Å². The van der Waals surface area contributed by atoms with Gasteiger partial charge in [0, 0.05) is 80.7 Å². The second kappa shape index (κ2) is 28.4. The maximum atomic E-state index is 15.1. The molecule has 0 saturated carbocycles. The number of nitrogens with zero attached hydrogens (tertiary/aromatic N) is 3. The molecule has 8 amide bonds. The van der Waals surface area contributed by atoms with Crippen LogP contribution in [-0.4, -0.2) is 135 Å². The third-order valence-electron chi connectivity index (χ3n) is 12.5. The van der Waals surface area contributed by atoms with Gasteiger partial charge in [0.25, 0.3) is 11.8 Å². The van der Waals surface area contributed by atoms with Crippen molar-refractivity contribution in [3.63, 3.8) is 0 Å². The van der Waals surface area contributed by atoms with Gasteiger partial charge in [-0.2, -0.15) is 0 Å². The van der Waals surface area contributed by atoms with Gasteiger partial charge in [-0.15, -0.1) is 0 Å². The summed E-state index contributed by atoms with van der Waals surface area (Å²) in [6.07, 6.45) is 4.90. The van der Waals surface area contributed by atoms with Gasteiger partial charge in [-0.25, -0.2) is 13.6 Å². The lowest BCUT2D eigenvalue weighted by atomic mass is 9.82. The molecule has 2 heterocycles. The highest BCUT2D eigenvalue weighted by Crippen LogP contribution is 2.41. The van der Waals surface area contributed by atoms with Crippen LogP contribution in [0.15, 0.2) is 72.9 Å². The monoisotopic (exact) mass is 1050 g/mol. The van der Waals surface area contributed by atoms with E-state index in [1.807, 2.05) is 55.7 Å². The third kappa shape index (κ3) is 18.2. The van der Waals surface area contributed by atoms with Gasteiger partial charge in [-0.1, -0.05) is 71.4 Å². The van der Waals surface area contributed by atoms with Gasteiger partial charge < -0.3 is 52.0 Å². The number of halogens is 2. The predicted octanol–water partition coefficient (Wildman–Crippen LogP) is 2.82. The number of nitrogens with two attached hydrogens (primary N) is 1. The minimum absolute atomic E-state index is 0.0186. The standard InChI is InChI=1S/C53H71F2N9O11/c1-32(2)47(61-43(67)15-11-8-12-25-63-44(68)20-21-45(63)69)51(73)59-33(3)49(71)60-40(52(74)75)18-19-42(66)57-23-24-58-50(72)39(56)22-26-64(46(70)31-65)48(53(4,5)6)41-27-35(37-28-36(54)16-17-38(37)55)30-62(41)29-34-13-9-7-10-14-34/h7,9-10,13-14,16-17,20-21,27-28,30,32-33,39-40,47-48,65H,8,11-12,15,18-19,22-26,29,31,56H2,1-6H3,(H,57,66)(H,58,72)(H,59,73)(H,60,71)(H,61,67)(H,74,75)/t33?,39?,40?,47-,48?/m0/s1. The van der Waals surface area contributed by atoms with Crippen LogP contribution in [0, 0.1) is 23.0 Å². The van der Waals surface area contributed by atoms with E-state index in [2.05, 4.69) is 26.6 Å². The van der Waals surface area contributed by atoms with Crippen LogP contribution in [0.2, 0.25) is 0 Å². The summed E-state index contributed by atoms with van der Waals surface area (Å²) < 4.78 is 31.4. The number of aliphatic carboxylic acids is 1. The summed E-state index contributed by atoms with van der Waals surface area (Å²) in [7, 11) is 0. The normalized spacial score (nSPS) is 14.4. The van der Waals surface area contributed by atoms with Crippen LogP contribution in [0.4, 0.5) is 8.78 Å². The van der Waals surface area contributed by atoms with E-state index < -0.39 is 95.3 Å². The molecular weight excluding hydrogens is 977 g/mol. The Morgan fingerprint density at radius 1 is 0.773 bits per heavy atom. The number of amides is 8. The van der Waals surface area contributed by atoms with Crippen LogP contribution in [0.25, 0.3) is 11.1 Å². The van der Waals surface area contributed by atoms with Crippen molar-refractivity contribution in [3.8, 4) is 11.1 Å². The Balaban J connectivity index is 1.25. The van der Waals surface area contributed by atoms with E-state index in [0.29, 0.717) is 37.1 Å². The minimum atomic E-state index is -1.51. The van der Waals surface area contributed by atoms with E-state index >= 15 is 4.39 Å². The molecule has 0 spiro atoms. The van der Waals surface area contributed by atoms with Gasteiger partial charge in [0.15, 0.2) is 0 Å². The quantitative estimate of drug-likeness (QED) is 0.0368. The van der Waals surface area contributed by atoms with Crippen molar-refractivity contribution in [1.29, 1.82) is 0 Å². The molecule has 0 saturated heterocycles. The molecule has 0 radical (unpaired) electrons. The lowest BCUT2D eigenvalue weighted by molar-refractivity contribution is -0.142. The summed E-state index contributed by atoms with van der Waals surface area (Å²) in [6.45, 7) is 9.79. The molecule has 1 aliphatic rings. The zero-order valence-electron chi connectivity index (χ0n) is 43.3. The van der Waals surface area contributed by atoms with Gasteiger partial charge in [0.2, 0.25) is 35.4 Å². The van der Waals surface area contributed by atoms with Gasteiger partial charge in [0.05, 0.1) is 12.1 Å². The number of carbonyl (C=O) groups excluding carboxylic acids is 8. The van der Waals surface area contributed by atoms with Gasteiger partial charge in [-0.05, 0) is 73.8 Å². The molecule has 9 N–H and O–H groups in total. The summed E-state index contributed by atoms with van der Waals surface area (Å²) in [5.41, 5.74) is 7.42. The molecule has 0 bridgehead atoms. The number of hydrogen-bond acceptors (Lipinski definition) is 11. The molecule has 75 heavy (non-hydrogen) atoms. The van der Waals surface area contributed by atoms with E-state index in [0.717, 1.165) is 28.7 Å². The topological polar surface area (TPSA) is 292 Å². The molecular formula is C53H71F2N9O11. The average Bonchev–Trinajstić information content (AvgIpc) is 3.91. The molecule has 2 aromatic carbocycles. The second-order valence-electron chi connectivity index (χ2n) is 19.9. The van der Waals surface area contributed by atoms with E-state index in [9.17, 15) is 57.8 Å².